The number of thiazole rings is 1. The minimum absolute atomic E-state index is 0.0771. The lowest BCUT2D eigenvalue weighted by molar-refractivity contribution is -0.114. The van der Waals surface area contributed by atoms with Crippen molar-refractivity contribution in [2.75, 3.05) is 5.32 Å². The highest BCUT2D eigenvalue weighted by molar-refractivity contribution is 7.09. The minimum atomic E-state index is -0.0771. The first-order valence-corrected chi connectivity index (χ1v) is 8.25. The van der Waals surface area contributed by atoms with Gasteiger partial charge in [0.2, 0.25) is 5.91 Å². The number of hydrogen-bond donors (Lipinski definition) is 1. The summed E-state index contributed by atoms with van der Waals surface area (Å²) in [5.41, 5.74) is 2.83. The molecule has 23 heavy (non-hydrogen) atoms. The van der Waals surface area contributed by atoms with Gasteiger partial charge in [0.25, 0.3) is 0 Å². The number of imidazole rings is 1. The highest BCUT2D eigenvalue weighted by Gasteiger charge is 2.15. The number of nitrogens with one attached hydrogen (secondary N) is 1. The van der Waals surface area contributed by atoms with Crippen LogP contribution in [0.2, 0.25) is 0 Å². The van der Waals surface area contributed by atoms with E-state index in [1.807, 2.05) is 37.4 Å². The normalized spacial score (nSPS) is 12.1. The molecule has 0 radical (unpaired) electrons. The summed E-state index contributed by atoms with van der Waals surface area (Å²) in [4.78, 5) is 20.1. The molecule has 0 saturated carbocycles. The van der Waals surface area contributed by atoms with Gasteiger partial charge in [0, 0.05) is 35.9 Å². The molecule has 1 N–H and O–H groups in total. The number of carbonyl (C=O) groups is 1. The molecule has 0 aliphatic rings. The third-order valence-corrected chi connectivity index (χ3v) is 4.41. The van der Waals surface area contributed by atoms with E-state index in [-0.39, 0.29) is 11.9 Å². The van der Waals surface area contributed by atoms with Crippen molar-refractivity contribution in [3.63, 3.8) is 0 Å². The molecule has 0 bridgehead atoms. The first-order valence-electron chi connectivity index (χ1n) is 7.37. The Hall–Kier alpha value is -2.47. The van der Waals surface area contributed by atoms with Gasteiger partial charge in [-0.3, -0.25) is 4.79 Å². The summed E-state index contributed by atoms with van der Waals surface area (Å²) >= 11 is 1.65. The molecule has 1 atom stereocenters. The molecule has 2 aromatic heterocycles. The second kappa shape index (κ2) is 6.34. The van der Waals surface area contributed by atoms with Crippen LogP contribution in [0.25, 0.3) is 11.4 Å². The summed E-state index contributed by atoms with van der Waals surface area (Å²) in [6, 6.07) is 7.81. The van der Waals surface area contributed by atoms with Crippen LogP contribution in [0, 0.1) is 6.92 Å². The number of aromatic nitrogens is 3. The highest BCUT2D eigenvalue weighted by Crippen LogP contribution is 2.27. The fourth-order valence-corrected chi connectivity index (χ4v) is 3.17. The number of carbonyl (C=O) groups excluding carboxylic acids is 1. The largest absolute Gasteiger partial charge is 0.326 e. The Bertz CT molecular complexity index is 819. The van der Waals surface area contributed by atoms with Gasteiger partial charge in [0.15, 0.2) is 0 Å². The Labute approximate surface area is 139 Å². The van der Waals surface area contributed by atoms with E-state index >= 15 is 0 Å². The maximum atomic E-state index is 11.1. The van der Waals surface area contributed by atoms with Crippen LogP contribution in [-0.4, -0.2) is 20.4 Å². The predicted octanol–water partition coefficient (Wildman–Crippen LogP) is 3.88. The van der Waals surface area contributed by atoms with Crippen LogP contribution < -0.4 is 5.32 Å². The van der Waals surface area contributed by atoms with Crippen molar-refractivity contribution in [2.24, 2.45) is 0 Å². The van der Waals surface area contributed by atoms with E-state index in [0.717, 1.165) is 27.8 Å². The summed E-state index contributed by atoms with van der Waals surface area (Å²) in [5, 5.41) is 5.92. The van der Waals surface area contributed by atoms with Crippen molar-refractivity contribution in [1.82, 2.24) is 14.5 Å². The molecular weight excluding hydrogens is 308 g/mol. The molecule has 118 valence electrons. The Morgan fingerprint density at radius 3 is 2.65 bits per heavy atom. The Balaban J connectivity index is 1.90. The number of hydrogen-bond acceptors (Lipinski definition) is 4. The Kier molecular flexibility index (Phi) is 4.25. The van der Waals surface area contributed by atoms with Crippen molar-refractivity contribution in [3.8, 4) is 11.4 Å². The fraction of sp³-hybridized carbons (Fsp3) is 0.235. The number of anilines is 1. The monoisotopic (exact) mass is 326 g/mol. The van der Waals surface area contributed by atoms with Crippen LogP contribution >= 0.6 is 11.3 Å². The lowest BCUT2D eigenvalue weighted by Gasteiger charge is -2.15. The zero-order chi connectivity index (χ0) is 16.4. The van der Waals surface area contributed by atoms with Crippen molar-refractivity contribution >= 4 is 22.9 Å². The molecule has 1 unspecified atom stereocenters. The van der Waals surface area contributed by atoms with E-state index in [4.69, 9.17) is 0 Å². The maximum Gasteiger partial charge on any atom is 0.221 e. The van der Waals surface area contributed by atoms with E-state index < -0.39 is 0 Å². The van der Waals surface area contributed by atoms with E-state index in [9.17, 15) is 4.79 Å². The molecule has 6 heteroatoms. The van der Waals surface area contributed by atoms with Crippen LogP contribution in [0.1, 0.15) is 30.6 Å². The van der Waals surface area contributed by atoms with E-state index in [0.29, 0.717) is 0 Å². The topological polar surface area (TPSA) is 59.8 Å². The molecule has 0 saturated heterocycles. The van der Waals surface area contributed by atoms with Crippen LogP contribution in [0.4, 0.5) is 5.69 Å². The zero-order valence-corrected chi connectivity index (χ0v) is 14.1. The second-order valence-corrected chi connectivity index (χ2v) is 6.45. The van der Waals surface area contributed by atoms with Gasteiger partial charge in [0.05, 0.1) is 16.7 Å². The summed E-state index contributed by atoms with van der Waals surface area (Å²) in [7, 11) is 0. The SMILES string of the molecule is CC(=O)Nc1ccc(-c2nccn2C(C)c2csc(C)n2)cc1. The Morgan fingerprint density at radius 2 is 2.04 bits per heavy atom. The van der Waals surface area contributed by atoms with Gasteiger partial charge in [0.1, 0.15) is 5.82 Å². The molecule has 3 aromatic rings. The zero-order valence-electron chi connectivity index (χ0n) is 13.3. The predicted molar refractivity (Wildman–Crippen MR) is 92.6 cm³/mol. The van der Waals surface area contributed by atoms with Gasteiger partial charge in [-0.05, 0) is 38.1 Å². The smallest absolute Gasteiger partial charge is 0.221 e. The first-order chi connectivity index (χ1) is 11.0. The standard InChI is InChI=1S/C17H18N4OS/c1-11(16-10-23-13(3)20-16)21-9-8-18-17(21)14-4-6-15(7-5-14)19-12(2)22/h4-11H,1-3H3,(H,19,22). The van der Waals surface area contributed by atoms with Crippen LogP contribution in [0.5, 0.6) is 0 Å². The third kappa shape index (κ3) is 3.32. The van der Waals surface area contributed by atoms with Crippen LogP contribution in [0.3, 0.4) is 0 Å². The lowest BCUT2D eigenvalue weighted by Crippen LogP contribution is -2.08. The molecule has 0 aliphatic carbocycles. The van der Waals surface area contributed by atoms with Crippen LogP contribution in [-0.2, 0) is 4.79 Å². The average Bonchev–Trinajstić information content (AvgIpc) is 3.15. The quantitative estimate of drug-likeness (QED) is 0.791. The van der Waals surface area contributed by atoms with Crippen molar-refractivity contribution < 1.29 is 4.79 Å². The van der Waals surface area contributed by atoms with E-state index in [2.05, 4.69) is 32.2 Å². The molecule has 5 nitrogen and oxygen atoms in total. The van der Waals surface area contributed by atoms with Gasteiger partial charge in [-0.15, -0.1) is 11.3 Å². The number of amides is 1. The minimum Gasteiger partial charge on any atom is -0.326 e. The molecule has 0 aliphatic heterocycles. The van der Waals surface area contributed by atoms with Crippen molar-refractivity contribution in [2.45, 2.75) is 26.8 Å². The maximum absolute atomic E-state index is 11.1. The molecule has 1 aromatic carbocycles. The van der Waals surface area contributed by atoms with Gasteiger partial charge in [-0.1, -0.05) is 0 Å². The van der Waals surface area contributed by atoms with E-state index in [1.165, 1.54) is 6.92 Å². The summed E-state index contributed by atoms with van der Waals surface area (Å²) in [6.45, 7) is 5.62. The van der Waals surface area contributed by atoms with Gasteiger partial charge < -0.3 is 9.88 Å². The summed E-state index contributed by atoms with van der Waals surface area (Å²) in [5.74, 6) is 0.810. The molecular formula is C17H18N4OS. The molecule has 1 amide bonds. The lowest BCUT2D eigenvalue weighted by atomic mass is 10.1. The van der Waals surface area contributed by atoms with Crippen LogP contribution in [0.15, 0.2) is 42.0 Å². The first kappa shape index (κ1) is 15.4. The fourth-order valence-electron chi connectivity index (χ4n) is 2.47. The molecule has 2 heterocycles. The number of nitrogens with zero attached hydrogens (tertiary/aromatic N) is 3. The molecule has 0 spiro atoms. The number of aryl methyl sites for hydroxylation is 1. The molecule has 0 fully saturated rings. The van der Waals surface area contributed by atoms with Crippen molar-refractivity contribution in [1.29, 1.82) is 0 Å². The summed E-state index contributed by atoms with van der Waals surface area (Å²) in [6.07, 6.45) is 3.77. The van der Waals surface area contributed by atoms with Crippen molar-refractivity contribution in [3.05, 3.63) is 52.7 Å². The van der Waals surface area contributed by atoms with Gasteiger partial charge in [-0.2, -0.15) is 0 Å². The third-order valence-electron chi connectivity index (χ3n) is 3.61. The molecule has 3 rings (SSSR count). The number of benzene rings is 1. The Morgan fingerprint density at radius 1 is 1.30 bits per heavy atom. The van der Waals surface area contributed by atoms with Gasteiger partial charge >= 0.3 is 0 Å². The van der Waals surface area contributed by atoms with E-state index in [1.54, 1.807) is 17.5 Å². The number of rotatable bonds is 4. The average molecular weight is 326 g/mol. The highest BCUT2D eigenvalue weighted by atomic mass is 32.1. The summed E-state index contributed by atoms with van der Waals surface area (Å²) < 4.78 is 2.11. The second-order valence-electron chi connectivity index (χ2n) is 5.38. The van der Waals surface area contributed by atoms with Gasteiger partial charge in [-0.25, -0.2) is 9.97 Å².